The molecule has 1 amide bonds. The summed E-state index contributed by atoms with van der Waals surface area (Å²) in [4.78, 5) is 13.9. The maximum atomic E-state index is 11.9. The number of benzene rings is 1. The zero-order valence-electron chi connectivity index (χ0n) is 10.5. The number of hydrogen-bond donors (Lipinski definition) is 1. The number of hydrogen-bond acceptors (Lipinski definition) is 2. The van der Waals surface area contributed by atoms with Gasteiger partial charge >= 0.3 is 0 Å². The first-order valence-electron chi connectivity index (χ1n) is 6.53. The summed E-state index contributed by atoms with van der Waals surface area (Å²) >= 11 is 6.03. The fourth-order valence-corrected chi connectivity index (χ4v) is 2.41. The van der Waals surface area contributed by atoms with Gasteiger partial charge in [0.2, 0.25) is 5.91 Å². The number of piperidine rings is 1. The quantitative estimate of drug-likeness (QED) is 0.908. The Labute approximate surface area is 113 Å². The van der Waals surface area contributed by atoms with Crippen LogP contribution in [0.4, 0.5) is 5.69 Å². The summed E-state index contributed by atoms with van der Waals surface area (Å²) in [7, 11) is 0. The smallest absolute Gasteiger partial charge is 0.224 e. The molecule has 0 aromatic heterocycles. The third kappa shape index (κ3) is 3.64. The normalized spacial score (nSPS) is 15.5. The molecule has 1 N–H and O–H groups in total. The monoisotopic (exact) mass is 266 g/mol. The topological polar surface area (TPSA) is 32.3 Å². The second-order valence-corrected chi connectivity index (χ2v) is 5.01. The molecule has 0 spiro atoms. The van der Waals surface area contributed by atoms with Gasteiger partial charge in [0, 0.05) is 26.1 Å². The largest absolute Gasteiger partial charge is 0.383 e. The number of rotatable bonds is 4. The van der Waals surface area contributed by atoms with Crippen LogP contribution in [0.1, 0.15) is 25.7 Å². The summed E-state index contributed by atoms with van der Waals surface area (Å²) in [6.45, 7) is 2.48. The van der Waals surface area contributed by atoms with Gasteiger partial charge in [-0.15, -0.1) is 0 Å². The number of para-hydroxylation sites is 1. The summed E-state index contributed by atoms with van der Waals surface area (Å²) < 4.78 is 0. The molecule has 0 aliphatic carbocycles. The molecule has 98 valence electrons. The van der Waals surface area contributed by atoms with Gasteiger partial charge in [0.25, 0.3) is 0 Å². The number of nitrogens with one attached hydrogen (secondary N) is 1. The minimum Gasteiger partial charge on any atom is -0.383 e. The van der Waals surface area contributed by atoms with Gasteiger partial charge in [-0.25, -0.2) is 0 Å². The van der Waals surface area contributed by atoms with E-state index in [1.807, 2.05) is 29.2 Å². The first-order valence-corrected chi connectivity index (χ1v) is 6.91. The molecule has 0 unspecified atom stereocenters. The molecular formula is C14H19ClN2O. The lowest BCUT2D eigenvalue weighted by atomic mass is 10.1. The zero-order valence-corrected chi connectivity index (χ0v) is 11.2. The van der Waals surface area contributed by atoms with Crippen molar-refractivity contribution in [3.63, 3.8) is 0 Å². The molecule has 1 fully saturated rings. The van der Waals surface area contributed by atoms with Crippen molar-refractivity contribution in [2.75, 3.05) is 25.0 Å². The number of amides is 1. The Morgan fingerprint density at radius 3 is 2.67 bits per heavy atom. The van der Waals surface area contributed by atoms with Crippen molar-refractivity contribution in [3.8, 4) is 0 Å². The highest BCUT2D eigenvalue weighted by Crippen LogP contribution is 2.20. The van der Waals surface area contributed by atoms with Crippen molar-refractivity contribution in [1.82, 2.24) is 4.90 Å². The highest BCUT2D eigenvalue weighted by molar-refractivity contribution is 6.33. The molecule has 1 aliphatic rings. The number of halogens is 1. The third-order valence-electron chi connectivity index (χ3n) is 3.24. The SMILES string of the molecule is O=C(CCNc1ccccc1Cl)N1CCCCC1. The van der Waals surface area contributed by atoms with E-state index < -0.39 is 0 Å². The molecule has 18 heavy (non-hydrogen) atoms. The summed E-state index contributed by atoms with van der Waals surface area (Å²) in [6, 6.07) is 7.59. The number of likely N-dealkylation sites (tertiary alicyclic amines) is 1. The highest BCUT2D eigenvalue weighted by atomic mass is 35.5. The fraction of sp³-hybridized carbons (Fsp3) is 0.500. The minimum atomic E-state index is 0.245. The van der Waals surface area contributed by atoms with Crippen LogP contribution in [0.2, 0.25) is 5.02 Å². The van der Waals surface area contributed by atoms with Crippen LogP contribution in [-0.2, 0) is 4.79 Å². The molecule has 1 aromatic carbocycles. The zero-order chi connectivity index (χ0) is 12.8. The highest BCUT2D eigenvalue weighted by Gasteiger charge is 2.15. The maximum Gasteiger partial charge on any atom is 0.224 e. The molecule has 0 saturated carbocycles. The summed E-state index contributed by atoms with van der Waals surface area (Å²) in [5, 5.41) is 3.90. The summed E-state index contributed by atoms with van der Waals surface area (Å²) in [6.07, 6.45) is 4.07. The van der Waals surface area contributed by atoms with E-state index in [0.29, 0.717) is 18.0 Å². The predicted octanol–water partition coefficient (Wildman–Crippen LogP) is 3.15. The molecule has 1 aliphatic heterocycles. The Morgan fingerprint density at radius 2 is 1.94 bits per heavy atom. The Bertz CT molecular complexity index is 403. The second kappa shape index (κ2) is 6.64. The Kier molecular flexibility index (Phi) is 4.88. The van der Waals surface area contributed by atoms with Crippen LogP contribution in [-0.4, -0.2) is 30.4 Å². The van der Waals surface area contributed by atoms with Crippen molar-refractivity contribution in [1.29, 1.82) is 0 Å². The van der Waals surface area contributed by atoms with Gasteiger partial charge in [-0.1, -0.05) is 23.7 Å². The first-order chi connectivity index (χ1) is 8.77. The number of nitrogens with zero attached hydrogens (tertiary/aromatic N) is 1. The van der Waals surface area contributed by atoms with Crippen molar-refractivity contribution in [3.05, 3.63) is 29.3 Å². The van der Waals surface area contributed by atoms with Crippen molar-refractivity contribution < 1.29 is 4.79 Å². The summed E-state index contributed by atoms with van der Waals surface area (Å²) in [5.41, 5.74) is 0.894. The second-order valence-electron chi connectivity index (χ2n) is 4.60. The molecule has 1 aromatic rings. The van der Waals surface area contributed by atoms with Crippen LogP contribution >= 0.6 is 11.6 Å². The van der Waals surface area contributed by atoms with Crippen molar-refractivity contribution in [2.24, 2.45) is 0 Å². The van der Waals surface area contributed by atoms with Crippen LogP contribution in [0.15, 0.2) is 24.3 Å². The Hall–Kier alpha value is -1.22. The van der Waals surface area contributed by atoms with E-state index in [4.69, 9.17) is 11.6 Å². The molecule has 1 saturated heterocycles. The van der Waals surface area contributed by atoms with Gasteiger partial charge in [0.05, 0.1) is 10.7 Å². The van der Waals surface area contributed by atoms with E-state index in [1.165, 1.54) is 6.42 Å². The van der Waals surface area contributed by atoms with E-state index in [2.05, 4.69) is 5.32 Å². The van der Waals surface area contributed by atoms with Crippen LogP contribution < -0.4 is 5.32 Å². The van der Waals surface area contributed by atoms with Gasteiger partial charge in [-0.05, 0) is 31.4 Å². The van der Waals surface area contributed by atoms with Crippen LogP contribution in [0.25, 0.3) is 0 Å². The lowest BCUT2D eigenvalue weighted by molar-refractivity contribution is -0.131. The average Bonchev–Trinajstić information content (AvgIpc) is 2.42. The Balaban J connectivity index is 1.75. The van der Waals surface area contributed by atoms with E-state index in [-0.39, 0.29) is 5.91 Å². The van der Waals surface area contributed by atoms with Gasteiger partial charge in [-0.2, -0.15) is 0 Å². The van der Waals surface area contributed by atoms with Gasteiger partial charge in [0.15, 0.2) is 0 Å². The molecule has 0 bridgehead atoms. The van der Waals surface area contributed by atoms with E-state index in [0.717, 1.165) is 31.6 Å². The fourth-order valence-electron chi connectivity index (χ4n) is 2.21. The average molecular weight is 267 g/mol. The number of carbonyl (C=O) groups is 1. The molecular weight excluding hydrogens is 248 g/mol. The van der Waals surface area contributed by atoms with Crippen molar-refractivity contribution in [2.45, 2.75) is 25.7 Å². The van der Waals surface area contributed by atoms with Gasteiger partial charge in [-0.3, -0.25) is 4.79 Å². The molecule has 3 nitrogen and oxygen atoms in total. The molecule has 1 heterocycles. The molecule has 2 rings (SSSR count). The standard InChI is InChI=1S/C14H19ClN2O/c15-12-6-2-3-7-13(12)16-9-8-14(18)17-10-4-1-5-11-17/h2-3,6-7,16H,1,4-5,8-11H2. The lowest BCUT2D eigenvalue weighted by Crippen LogP contribution is -2.36. The number of anilines is 1. The van der Waals surface area contributed by atoms with Crippen LogP contribution in [0.5, 0.6) is 0 Å². The van der Waals surface area contributed by atoms with E-state index in [9.17, 15) is 4.79 Å². The maximum absolute atomic E-state index is 11.9. The Morgan fingerprint density at radius 1 is 1.22 bits per heavy atom. The van der Waals surface area contributed by atoms with Gasteiger partial charge in [0.1, 0.15) is 0 Å². The van der Waals surface area contributed by atoms with Crippen LogP contribution in [0.3, 0.4) is 0 Å². The molecule has 0 atom stereocenters. The number of carbonyl (C=O) groups excluding carboxylic acids is 1. The molecule has 4 heteroatoms. The van der Waals surface area contributed by atoms with Gasteiger partial charge < -0.3 is 10.2 Å². The van der Waals surface area contributed by atoms with E-state index in [1.54, 1.807) is 0 Å². The minimum absolute atomic E-state index is 0.245. The predicted molar refractivity (Wildman–Crippen MR) is 75.0 cm³/mol. The third-order valence-corrected chi connectivity index (χ3v) is 3.57. The van der Waals surface area contributed by atoms with Crippen LogP contribution in [0, 0.1) is 0 Å². The van der Waals surface area contributed by atoms with E-state index >= 15 is 0 Å². The summed E-state index contributed by atoms with van der Waals surface area (Å²) in [5.74, 6) is 0.245. The molecule has 0 radical (unpaired) electrons. The lowest BCUT2D eigenvalue weighted by Gasteiger charge is -2.26. The first kappa shape index (κ1) is 13.2. The van der Waals surface area contributed by atoms with Crippen molar-refractivity contribution >= 4 is 23.2 Å².